The van der Waals surface area contributed by atoms with Crippen molar-refractivity contribution in [3.63, 3.8) is 0 Å². The van der Waals surface area contributed by atoms with Crippen LogP contribution in [0.4, 0.5) is 5.69 Å². The highest BCUT2D eigenvalue weighted by Gasteiger charge is 2.15. The van der Waals surface area contributed by atoms with E-state index in [2.05, 4.69) is 66.7 Å². The molecule has 2 nitrogen and oxygen atoms in total. The van der Waals surface area contributed by atoms with E-state index in [9.17, 15) is 0 Å². The van der Waals surface area contributed by atoms with E-state index in [4.69, 9.17) is 0 Å². The number of nitrogens with zero attached hydrogens (tertiary/aromatic N) is 1. The van der Waals surface area contributed by atoms with Crippen LogP contribution in [0.1, 0.15) is 29.2 Å². The number of rotatable bonds is 5. The molecule has 0 spiro atoms. The standard InChI is InChI=1S/C19H24N2/c1-3-15-4-6-16(7-5-15)13-20-14-17-8-9-19-18(12-17)10-11-21(19)2/h4-9,12,20H,3,10-11,13-14H2,1-2H3. The van der Waals surface area contributed by atoms with E-state index in [1.54, 1.807) is 0 Å². The first-order chi connectivity index (χ1) is 10.3. The number of likely N-dealkylation sites (N-methyl/N-ethyl adjacent to an activating group) is 1. The van der Waals surface area contributed by atoms with Crippen LogP contribution in [0, 0.1) is 0 Å². The smallest absolute Gasteiger partial charge is 0.0397 e. The van der Waals surface area contributed by atoms with Crippen LogP contribution >= 0.6 is 0 Å². The van der Waals surface area contributed by atoms with Crippen LogP contribution in [0.5, 0.6) is 0 Å². The minimum absolute atomic E-state index is 0.932. The fraction of sp³-hybridized carbons (Fsp3) is 0.368. The van der Waals surface area contributed by atoms with Gasteiger partial charge in [-0.2, -0.15) is 0 Å². The summed E-state index contributed by atoms with van der Waals surface area (Å²) in [4.78, 5) is 2.34. The first-order valence-corrected chi connectivity index (χ1v) is 7.87. The van der Waals surface area contributed by atoms with E-state index in [1.165, 1.54) is 34.4 Å². The second-order valence-electron chi connectivity index (χ2n) is 5.91. The lowest BCUT2D eigenvalue weighted by Crippen LogP contribution is -2.13. The van der Waals surface area contributed by atoms with Gasteiger partial charge >= 0.3 is 0 Å². The molecular formula is C19H24N2. The quantitative estimate of drug-likeness (QED) is 0.901. The minimum Gasteiger partial charge on any atom is -0.374 e. The molecule has 1 aliphatic rings. The largest absolute Gasteiger partial charge is 0.374 e. The summed E-state index contributed by atoms with van der Waals surface area (Å²) in [5.41, 5.74) is 7.03. The normalized spacial score (nSPS) is 13.5. The van der Waals surface area contributed by atoms with Gasteiger partial charge in [0.15, 0.2) is 0 Å². The Labute approximate surface area is 127 Å². The summed E-state index contributed by atoms with van der Waals surface area (Å²) in [6.07, 6.45) is 2.29. The molecule has 0 aromatic heterocycles. The van der Waals surface area contributed by atoms with Gasteiger partial charge in [0.2, 0.25) is 0 Å². The molecule has 1 aliphatic heterocycles. The van der Waals surface area contributed by atoms with Crippen LogP contribution in [0.15, 0.2) is 42.5 Å². The van der Waals surface area contributed by atoms with Crippen LogP contribution in [0.3, 0.4) is 0 Å². The Morgan fingerprint density at radius 1 is 0.952 bits per heavy atom. The first kappa shape index (κ1) is 14.2. The fourth-order valence-corrected chi connectivity index (χ4v) is 2.97. The summed E-state index contributed by atoms with van der Waals surface area (Å²) in [6, 6.07) is 15.8. The Hall–Kier alpha value is -1.80. The van der Waals surface area contributed by atoms with Crippen LogP contribution in [-0.4, -0.2) is 13.6 Å². The molecule has 110 valence electrons. The highest BCUT2D eigenvalue weighted by atomic mass is 15.1. The molecule has 0 aliphatic carbocycles. The summed E-state index contributed by atoms with van der Waals surface area (Å²) in [5, 5.41) is 3.54. The summed E-state index contributed by atoms with van der Waals surface area (Å²) in [5.74, 6) is 0. The van der Waals surface area contributed by atoms with E-state index in [0.29, 0.717) is 0 Å². The molecular weight excluding hydrogens is 256 g/mol. The van der Waals surface area contributed by atoms with Gasteiger partial charge in [0.1, 0.15) is 0 Å². The van der Waals surface area contributed by atoms with Crippen molar-refractivity contribution in [3.05, 3.63) is 64.7 Å². The number of hydrogen-bond donors (Lipinski definition) is 1. The maximum atomic E-state index is 3.54. The summed E-state index contributed by atoms with van der Waals surface area (Å²) in [7, 11) is 2.17. The molecule has 0 saturated carbocycles. The van der Waals surface area contributed by atoms with Gasteiger partial charge in [-0.1, -0.05) is 43.3 Å². The van der Waals surface area contributed by atoms with Gasteiger partial charge < -0.3 is 10.2 Å². The number of fused-ring (bicyclic) bond motifs is 1. The molecule has 21 heavy (non-hydrogen) atoms. The molecule has 1 heterocycles. The van der Waals surface area contributed by atoms with Gasteiger partial charge in [0, 0.05) is 32.4 Å². The van der Waals surface area contributed by atoms with Crippen molar-refractivity contribution >= 4 is 5.69 Å². The number of benzene rings is 2. The number of nitrogens with one attached hydrogen (secondary N) is 1. The van der Waals surface area contributed by atoms with E-state index < -0.39 is 0 Å². The third kappa shape index (κ3) is 3.27. The zero-order valence-electron chi connectivity index (χ0n) is 13.0. The second-order valence-corrected chi connectivity index (χ2v) is 5.91. The van der Waals surface area contributed by atoms with Crippen molar-refractivity contribution < 1.29 is 0 Å². The molecule has 0 fully saturated rings. The van der Waals surface area contributed by atoms with Crippen molar-refractivity contribution in [2.75, 3.05) is 18.5 Å². The van der Waals surface area contributed by atoms with E-state index in [1.807, 2.05) is 0 Å². The van der Waals surface area contributed by atoms with Gasteiger partial charge in [0.05, 0.1) is 0 Å². The maximum absolute atomic E-state index is 3.54. The van der Waals surface area contributed by atoms with Gasteiger partial charge in [-0.05, 0) is 41.2 Å². The predicted octanol–water partition coefficient (Wildman–Crippen LogP) is 3.53. The summed E-state index contributed by atoms with van der Waals surface area (Å²) < 4.78 is 0. The van der Waals surface area contributed by atoms with Crippen molar-refractivity contribution in [2.45, 2.75) is 32.9 Å². The Balaban J connectivity index is 1.55. The summed E-state index contributed by atoms with van der Waals surface area (Å²) >= 11 is 0. The average molecular weight is 280 g/mol. The highest BCUT2D eigenvalue weighted by Crippen LogP contribution is 2.27. The molecule has 0 saturated heterocycles. The Morgan fingerprint density at radius 3 is 2.38 bits per heavy atom. The topological polar surface area (TPSA) is 15.3 Å². The van der Waals surface area contributed by atoms with Crippen LogP contribution in [0.2, 0.25) is 0 Å². The third-order valence-electron chi connectivity index (χ3n) is 4.36. The predicted molar refractivity (Wildman–Crippen MR) is 89.8 cm³/mol. The lowest BCUT2D eigenvalue weighted by Gasteiger charge is -2.12. The van der Waals surface area contributed by atoms with Crippen molar-refractivity contribution in [1.82, 2.24) is 5.32 Å². The molecule has 3 rings (SSSR count). The number of aryl methyl sites for hydroxylation is 1. The van der Waals surface area contributed by atoms with Gasteiger partial charge in [-0.3, -0.25) is 0 Å². The third-order valence-corrected chi connectivity index (χ3v) is 4.36. The van der Waals surface area contributed by atoms with Gasteiger partial charge in [0.25, 0.3) is 0 Å². The SMILES string of the molecule is CCc1ccc(CNCc2ccc3c(c2)CCN3C)cc1. The lowest BCUT2D eigenvalue weighted by atomic mass is 10.1. The second kappa shape index (κ2) is 6.31. The van der Waals surface area contributed by atoms with Crippen molar-refractivity contribution in [3.8, 4) is 0 Å². The number of hydrogen-bond acceptors (Lipinski definition) is 2. The molecule has 1 N–H and O–H groups in total. The Morgan fingerprint density at radius 2 is 1.62 bits per heavy atom. The van der Waals surface area contributed by atoms with E-state index in [0.717, 1.165) is 26.1 Å². The molecule has 0 unspecified atom stereocenters. The molecule has 0 atom stereocenters. The van der Waals surface area contributed by atoms with Crippen molar-refractivity contribution in [1.29, 1.82) is 0 Å². The molecule has 0 bridgehead atoms. The van der Waals surface area contributed by atoms with Crippen LogP contribution < -0.4 is 10.2 Å². The van der Waals surface area contributed by atoms with E-state index in [-0.39, 0.29) is 0 Å². The molecule has 2 aromatic carbocycles. The zero-order valence-corrected chi connectivity index (χ0v) is 13.0. The fourth-order valence-electron chi connectivity index (χ4n) is 2.97. The lowest BCUT2D eigenvalue weighted by molar-refractivity contribution is 0.693. The van der Waals surface area contributed by atoms with Crippen molar-refractivity contribution in [2.24, 2.45) is 0 Å². The van der Waals surface area contributed by atoms with Gasteiger partial charge in [-0.25, -0.2) is 0 Å². The Kier molecular flexibility index (Phi) is 4.26. The van der Waals surface area contributed by atoms with E-state index >= 15 is 0 Å². The van der Waals surface area contributed by atoms with Gasteiger partial charge in [-0.15, -0.1) is 0 Å². The van der Waals surface area contributed by atoms with Crippen LogP contribution in [0.25, 0.3) is 0 Å². The average Bonchev–Trinajstić information content (AvgIpc) is 2.89. The first-order valence-electron chi connectivity index (χ1n) is 7.87. The summed E-state index contributed by atoms with van der Waals surface area (Å²) in [6.45, 7) is 5.21. The highest BCUT2D eigenvalue weighted by molar-refractivity contribution is 5.58. The minimum atomic E-state index is 0.932. The maximum Gasteiger partial charge on any atom is 0.0397 e. The number of anilines is 1. The zero-order chi connectivity index (χ0) is 14.7. The Bertz CT molecular complexity index is 601. The van der Waals surface area contributed by atoms with Crippen LogP contribution in [-0.2, 0) is 25.9 Å². The molecule has 0 amide bonds. The molecule has 0 radical (unpaired) electrons. The molecule has 2 heteroatoms. The molecule has 2 aromatic rings. The monoisotopic (exact) mass is 280 g/mol.